The molecule has 0 spiro atoms. The van der Waals surface area contributed by atoms with Crippen LogP contribution in [0.2, 0.25) is 0 Å². The van der Waals surface area contributed by atoms with Crippen molar-refractivity contribution < 1.29 is 9.53 Å². The Hall–Kier alpha value is -0.810. The van der Waals surface area contributed by atoms with Gasteiger partial charge in [0.1, 0.15) is 5.60 Å². The smallest absolute Gasteiger partial charge is 0.410 e. The third kappa shape index (κ3) is 4.52. The Bertz CT molecular complexity index is 271. The first-order valence-electron chi connectivity index (χ1n) is 6.23. The topological polar surface area (TPSA) is 81.6 Å². The molecule has 1 amide bonds. The highest BCUT2D eigenvalue weighted by Crippen LogP contribution is 2.23. The van der Waals surface area contributed by atoms with E-state index >= 15 is 0 Å². The van der Waals surface area contributed by atoms with Crippen LogP contribution in [0.1, 0.15) is 40.0 Å². The standard InChI is InChI=1S/C12H25N3O2/c1-11(2,3)17-10(16)15-8-4-5-12(14,9-15)6-7-13/h4-9,13-14H2,1-3H3. The summed E-state index contributed by atoms with van der Waals surface area (Å²) in [5, 5.41) is 0. The lowest BCUT2D eigenvalue weighted by molar-refractivity contribution is 0.0136. The van der Waals surface area contributed by atoms with Crippen LogP contribution < -0.4 is 11.5 Å². The number of hydrogen-bond acceptors (Lipinski definition) is 4. The molecule has 0 aromatic heterocycles. The van der Waals surface area contributed by atoms with Gasteiger partial charge in [-0.25, -0.2) is 4.79 Å². The average Bonchev–Trinajstić information content (AvgIpc) is 2.14. The number of carbonyl (C=O) groups excluding carboxylic acids is 1. The van der Waals surface area contributed by atoms with Gasteiger partial charge in [-0.1, -0.05) is 0 Å². The second-order valence-corrected chi connectivity index (χ2v) is 5.91. The summed E-state index contributed by atoms with van der Waals surface area (Å²) >= 11 is 0. The molecule has 1 aliphatic rings. The number of carbonyl (C=O) groups is 1. The van der Waals surface area contributed by atoms with Crippen molar-refractivity contribution in [2.75, 3.05) is 19.6 Å². The molecule has 1 heterocycles. The van der Waals surface area contributed by atoms with E-state index in [9.17, 15) is 4.79 Å². The van der Waals surface area contributed by atoms with Gasteiger partial charge in [0, 0.05) is 18.6 Å². The van der Waals surface area contributed by atoms with E-state index in [0.717, 1.165) is 25.8 Å². The zero-order valence-electron chi connectivity index (χ0n) is 11.2. The first-order chi connectivity index (χ1) is 7.76. The van der Waals surface area contributed by atoms with Gasteiger partial charge in [0.25, 0.3) is 0 Å². The number of amides is 1. The highest BCUT2D eigenvalue weighted by Gasteiger charge is 2.34. The Kier molecular flexibility index (Phi) is 4.38. The molecule has 1 unspecified atom stereocenters. The van der Waals surface area contributed by atoms with Crippen molar-refractivity contribution in [3.63, 3.8) is 0 Å². The Morgan fingerprint density at radius 2 is 2.12 bits per heavy atom. The molecule has 0 saturated carbocycles. The van der Waals surface area contributed by atoms with Gasteiger partial charge in [-0.2, -0.15) is 0 Å². The molecule has 0 bridgehead atoms. The number of nitrogens with two attached hydrogens (primary N) is 2. The van der Waals surface area contributed by atoms with Gasteiger partial charge in [-0.15, -0.1) is 0 Å². The van der Waals surface area contributed by atoms with E-state index in [-0.39, 0.29) is 11.6 Å². The summed E-state index contributed by atoms with van der Waals surface area (Å²) < 4.78 is 5.35. The van der Waals surface area contributed by atoms with Crippen molar-refractivity contribution >= 4 is 6.09 Å². The van der Waals surface area contributed by atoms with Crippen LogP contribution in [-0.4, -0.2) is 41.8 Å². The fraction of sp³-hybridized carbons (Fsp3) is 0.917. The molecule has 0 radical (unpaired) electrons. The van der Waals surface area contributed by atoms with E-state index in [1.165, 1.54) is 0 Å². The fourth-order valence-electron chi connectivity index (χ4n) is 2.13. The number of rotatable bonds is 2. The zero-order chi connectivity index (χ0) is 13.1. The summed E-state index contributed by atoms with van der Waals surface area (Å²) in [6.07, 6.45) is 2.30. The van der Waals surface area contributed by atoms with Gasteiger partial charge in [0.2, 0.25) is 0 Å². The van der Waals surface area contributed by atoms with Crippen molar-refractivity contribution in [1.29, 1.82) is 0 Å². The summed E-state index contributed by atoms with van der Waals surface area (Å²) in [5.74, 6) is 0. The lowest BCUT2D eigenvalue weighted by atomic mass is 9.87. The van der Waals surface area contributed by atoms with Gasteiger partial charge in [-0.3, -0.25) is 0 Å². The van der Waals surface area contributed by atoms with E-state index in [0.29, 0.717) is 13.1 Å². The second-order valence-electron chi connectivity index (χ2n) is 5.91. The van der Waals surface area contributed by atoms with Crippen LogP contribution in [-0.2, 0) is 4.74 Å². The molecule has 1 rings (SSSR count). The van der Waals surface area contributed by atoms with Crippen LogP contribution in [0, 0.1) is 0 Å². The fourth-order valence-corrected chi connectivity index (χ4v) is 2.13. The zero-order valence-corrected chi connectivity index (χ0v) is 11.2. The maximum atomic E-state index is 11.9. The van der Waals surface area contributed by atoms with Crippen LogP contribution in [0.15, 0.2) is 0 Å². The molecule has 17 heavy (non-hydrogen) atoms. The van der Waals surface area contributed by atoms with Crippen LogP contribution >= 0.6 is 0 Å². The molecule has 1 saturated heterocycles. The number of likely N-dealkylation sites (tertiary alicyclic amines) is 1. The number of ether oxygens (including phenoxy) is 1. The Morgan fingerprint density at radius 3 is 2.65 bits per heavy atom. The molecule has 5 heteroatoms. The van der Waals surface area contributed by atoms with E-state index < -0.39 is 5.60 Å². The van der Waals surface area contributed by atoms with E-state index in [1.807, 2.05) is 20.8 Å². The predicted molar refractivity (Wildman–Crippen MR) is 67.6 cm³/mol. The molecule has 1 fully saturated rings. The number of nitrogens with zero attached hydrogens (tertiary/aromatic N) is 1. The quantitative estimate of drug-likeness (QED) is 0.760. The molecule has 1 aliphatic heterocycles. The minimum Gasteiger partial charge on any atom is -0.444 e. The van der Waals surface area contributed by atoms with Crippen LogP contribution in [0.4, 0.5) is 4.79 Å². The monoisotopic (exact) mass is 243 g/mol. The molecular weight excluding hydrogens is 218 g/mol. The Balaban J connectivity index is 2.57. The molecule has 4 N–H and O–H groups in total. The van der Waals surface area contributed by atoms with Crippen LogP contribution in [0.3, 0.4) is 0 Å². The molecule has 0 aliphatic carbocycles. The lowest BCUT2D eigenvalue weighted by Crippen LogP contribution is -2.57. The largest absolute Gasteiger partial charge is 0.444 e. The van der Waals surface area contributed by atoms with E-state index in [4.69, 9.17) is 16.2 Å². The summed E-state index contributed by atoms with van der Waals surface area (Å²) in [6, 6.07) is 0. The molecule has 1 atom stereocenters. The molecule has 0 aromatic rings. The third-order valence-corrected chi connectivity index (χ3v) is 2.90. The predicted octanol–water partition coefficient (Wildman–Crippen LogP) is 1.06. The average molecular weight is 243 g/mol. The molecule has 100 valence electrons. The second kappa shape index (κ2) is 5.23. The SMILES string of the molecule is CC(C)(C)OC(=O)N1CCCC(N)(CCN)C1. The van der Waals surface area contributed by atoms with Crippen LogP contribution in [0.25, 0.3) is 0 Å². The van der Waals surface area contributed by atoms with Crippen LogP contribution in [0.5, 0.6) is 0 Å². The minimum absolute atomic E-state index is 0.274. The van der Waals surface area contributed by atoms with Crippen molar-refractivity contribution in [2.24, 2.45) is 11.5 Å². The van der Waals surface area contributed by atoms with Crippen molar-refractivity contribution in [3.8, 4) is 0 Å². The first-order valence-corrected chi connectivity index (χ1v) is 6.23. The number of piperidine rings is 1. The molecule has 0 aromatic carbocycles. The summed E-state index contributed by atoms with van der Waals surface area (Å²) in [4.78, 5) is 13.6. The molecule has 5 nitrogen and oxygen atoms in total. The minimum atomic E-state index is -0.459. The Labute approximate surface area is 103 Å². The van der Waals surface area contributed by atoms with Crippen molar-refractivity contribution in [3.05, 3.63) is 0 Å². The van der Waals surface area contributed by atoms with Gasteiger partial charge in [0.05, 0.1) is 0 Å². The first kappa shape index (κ1) is 14.3. The maximum Gasteiger partial charge on any atom is 0.410 e. The van der Waals surface area contributed by atoms with Gasteiger partial charge in [0.15, 0.2) is 0 Å². The third-order valence-electron chi connectivity index (χ3n) is 2.90. The van der Waals surface area contributed by atoms with Gasteiger partial charge < -0.3 is 21.1 Å². The Morgan fingerprint density at radius 1 is 1.47 bits per heavy atom. The van der Waals surface area contributed by atoms with Crippen molar-refractivity contribution in [1.82, 2.24) is 4.90 Å². The summed E-state index contributed by atoms with van der Waals surface area (Å²) in [5.41, 5.74) is 11.0. The summed E-state index contributed by atoms with van der Waals surface area (Å²) in [7, 11) is 0. The highest BCUT2D eigenvalue weighted by atomic mass is 16.6. The lowest BCUT2D eigenvalue weighted by Gasteiger charge is -2.40. The summed E-state index contributed by atoms with van der Waals surface area (Å²) in [6.45, 7) is 7.41. The van der Waals surface area contributed by atoms with Gasteiger partial charge >= 0.3 is 6.09 Å². The highest BCUT2D eigenvalue weighted by molar-refractivity contribution is 5.68. The maximum absolute atomic E-state index is 11.9. The van der Waals surface area contributed by atoms with E-state index in [1.54, 1.807) is 4.90 Å². The van der Waals surface area contributed by atoms with E-state index in [2.05, 4.69) is 0 Å². The number of hydrogen-bond donors (Lipinski definition) is 2. The normalized spacial score (nSPS) is 25.8. The van der Waals surface area contributed by atoms with Crippen molar-refractivity contribution in [2.45, 2.75) is 51.2 Å². The van der Waals surface area contributed by atoms with Gasteiger partial charge in [-0.05, 0) is 46.6 Å². The molecular formula is C12H25N3O2.